The molecule has 0 fully saturated rings. The predicted octanol–water partition coefficient (Wildman–Crippen LogP) is 3.96. The number of hydrogen-bond donors (Lipinski definition) is 1. The highest BCUT2D eigenvalue weighted by molar-refractivity contribution is 6.31. The van der Waals surface area contributed by atoms with Gasteiger partial charge in [-0.25, -0.2) is 9.97 Å². The van der Waals surface area contributed by atoms with E-state index in [-0.39, 0.29) is 0 Å². The quantitative estimate of drug-likeness (QED) is 0.870. The zero-order valence-electron chi connectivity index (χ0n) is 10.1. The molecule has 2 aromatic rings. The molecule has 0 bridgehead atoms. The number of halogens is 2. The van der Waals surface area contributed by atoms with E-state index in [1.54, 1.807) is 24.3 Å². The van der Waals surface area contributed by atoms with Crippen molar-refractivity contribution in [3.63, 3.8) is 0 Å². The summed E-state index contributed by atoms with van der Waals surface area (Å²) in [5.74, 6) is 1.17. The van der Waals surface area contributed by atoms with Crippen LogP contribution in [0.3, 0.4) is 0 Å². The van der Waals surface area contributed by atoms with Gasteiger partial charge in [-0.1, -0.05) is 30.1 Å². The minimum absolute atomic E-state index is 0.356. The second kappa shape index (κ2) is 5.87. The van der Waals surface area contributed by atoms with Gasteiger partial charge in [-0.15, -0.1) is 0 Å². The van der Waals surface area contributed by atoms with Crippen LogP contribution in [-0.4, -0.2) is 9.97 Å². The Kier molecular flexibility index (Phi) is 4.20. The summed E-state index contributed by atoms with van der Waals surface area (Å²) in [6.45, 7) is 1.94. The lowest BCUT2D eigenvalue weighted by molar-refractivity contribution is 0.943. The number of nitrogens with zero attached hydrogens (tertiary/aromatic N) is 3. The van der Waals surface area contributed by atoms with Crippen molar-refractivity contribution in [1.82, 2.24) is 9.97 Å². The fourth-order valence-electron chi connectivity index (χ4n) is 1.54. The number of anilines is 2. The Morgan fingerprint density at radius 3 is 2.74 bits per heavy atom. The Labute approximate surface area is 121 Å². The molecule has 0 aliphatic carbocycles. The third-order valence-corrected chi connectivity index (χ3v) is 2.85. The molecule has 2 rings (SSSR count). The Hall–Kier alpha value is -1.83. The van der Waals surface area contributed by atoms with Crippen molar-refractivity contribution < 1.29 is 0 Å². The Bertz CT molecular complexity index is 650. The molecular formula is C13H10Cl2N4. The molecule has 4 nitrogen and oxygen atoms in total. The zero-order valence-corrected chi connectivity index (χ0v) is 11.6. The average Bonchev–Trinajstić information content (AvgIpc) is 2.38. The third-order valence-electron chi connectivity index (χ3n) is 2.42. The third kappa shape index (κ3) is 3.34. The summed E-state index contributed by atoms with van der Waals surface area (Å²) < 4.78 is 0. The molecule has 6 heteroatoms. The molecule has 0 aliphatic rings. The summed E-state index contributed by atoms with van der Waals surface area (Å²) in [7, 11) is 0. The van der Waals surface area contributed by atoms with Gasteiger partial charge >= 0.3 is 0 Å². The smallest absolute Gasteiger partial charge is 0.135 e. The van der Waals surface area contributed by atoms with E-state index in [1.807, 2.05) is 6.92 Å². The standard InChI is InChI=1S/C13H10Cl2N4/c1-2-12-18-11(15)6-13(19-12)17-10-5-9(14)4-3-8(10)7-16/h3-6H,2H2,1H3,(H,17,18,19). The van der Waals surface area contributed by atoms with Gasteiger partial charge in [0.25, 0.3) is 0 Å². The van der Waals surface area contributed by atoms with Crippen LogP contribution in [0.25, 0.3) is 0 Å². The van der Waals surface area contributed by atoms with Crippen LogP contribution in [-0.2, 0) is 6.42 Å². The van der Waals surface area contributed by atoms with Crippen molar-refractivity contribution in [2.45, 2.75) is 13.3 Å². The minimum atomic E-state index is 0.356. The number of benzene rings is 1. The first kappa shape index (κ1) is 13.6. The van der Waals surface area contributed by atoms with Crippen LogP contribution >= 0.6 is 23.2 Å². The molecule has 0 radical (unpaired) electrons. The number of aromatic nitrogens is 2. The van der Waals surface area contributed by atoms with Gasteiger partial charge in [-0.3, -0.25) is 0 Å². The lowest BCUT2D eigenvalue weighted by Gasteiger charge is -2.09. The van der Waals surface area contributed by atoms with Crippen molar-refractivity contribution in [3.05, 3.63) is 45.8 Å². The van der Waals surface area contributed by atoms with Crippen LogP contribution in [0.2, 0.25) is 10.2 Å². The molecule has 0 saturated heterocycles. The van der Waals surface area contributed by atoms with Gasteiger partial charge in [0.2, 0.25) is 0 Å². The minimum Gasteiger partial charge on any atom is -0.339 e. The highest BCUT2D eigenvalue weighted by atomic mass is 35.5. The maximum atomic E-state index is 9.05. The number of nitrogens with one attached hydrogen (secondary N) is 1. The Balaban J connectivity index is 2.38. The SMILES string of the molecule is CCc1nc(Cl)cc(Nc2cc(Cl)ccc2C#N)n1. The van der Waals surface area contributed by atoms with Gasteiger partial charge in [0, 0.05) is 17.5 Å². The molecule has 19 heavy (non-hydrogen) atoms. The molecule has 1 aromatic carbocycles. The Morgan fingerprint density at radius 1 is 1.26 bits per heavy atom. The van der Waals surface area contributed by atoms with E-state index < -0.39 is 0 Å². The van der Waals surface area contributed by atoms with Crippen LogP contribution in [0.15, 0.2) is 24.3 Å². The second-order valence-electron chi connectivity index (χ2n) is 3.77. The van der Waals surface area contributed by atoms with Gasteiger partial charge < -0.3 is 5.32 Å². The lowest BCUT2D eigenvalue weighted by Crippen LogP contribution is -2.00. The van der Waals surface area contributed by atoms with E-state index in [1.165, 1.54) is 0 Å². The highest BCUT2D eigenvalue weighted by Gasteiger charge is 2.06. The van der Waals surface area contributed by atoms with Crippen LogP contribution in [0.1, 0.15) is 18.3 Å². The van der Waals surface area contributed by atoms with Crippen molar-refractivity contribution in [3.8, 4) is 6.07 Å². The molecule has 0 aliphatic heterocycles. The molecular weight excluding hydrogens is 283 g/mol. The largest absolute Gasteiger partial charge is 0.339 e. The van der Waals surface area contributed by atoms with Crippen LogP contribution in [0, 0.1) is 11.3 Å². The van der Waals surface area contributed by atoms with E-state index in [0.717, 1.165) is 0 Å². The maximum Gasteiger partial charge on any atom is 0.135 e. The first-order chi connectivity index (χ1) is 9.12. The molecule has 1 N–H and O–H groups in total. The zero-order chi connectivity index (χ0) is 13.8. The molecule has 0 atom stereocenters. The van der Waals surface area contributed by atoms with Crippen LogP contribution in [0.4, 0.5) is 11.5 Å². The van der Waals surface area contributed by atoms with Gasteiger partial charge in [0.15, 0.2) is 0 Å². The lowest BCUT2D eigenvalue weighted by atomic mass is 10.2. The number of rotatable bonds is 3. The first-order valence-corrected chi connectivity index (χ1v) is 6.38. The van der Waals surface area contributed by atoms with E-state index in [9.17, 15) is 0 Å². The van der Waals surface area contributed by atoms with Crippen LogP contribution < -0.4 is 5.32 Å². The molecule has 0 unspecified atom stereocenters. The van der Waals surface area contributed by atoms with Crippen molar-refractivity contribution in [1.29, 1.82) is 5.26 Å². The van der Waals surface area contributed by atoms with E-state index >= 15 is 0 Å². The van der Waals surface area contributed by atoms with Gasteiger partial charge in [0.05, 0.1) is 11.3 Å². The summed E-state index contributed by atoms with van der Waals surface area (Å²) in [6.07, 6.45) is 0.676. The van der Waals surface area contributed by atoms with Crippen molar-refractivity contribution >= 4 is 34.7 Å². The van der Waals surface area contributed by atoms with E-state index in [2.05, 4.69) is 21.4 Å². The molecule has 96 valence electrons. The van der Waals surface area contributed by atoms with Gasteiger partial charge in [-0.2, -0.15) is 5.26 Å². The van der Waals surface area contributed by atoms with Crippen LogP contribution in [0.5, 0.6) is 0 Å². The monoisotopic (exact) mass is 292 g/mol. The normalized spacial score (nSPS) is 10.0. The average molecular weight is 293 g/mol. The fourth-order valence-corrected chi connectivity index (χ4v) is 1.92. The predicted molar refractivity (Wildman–Crippen MR) is 75.9 cm³/mol. The van der Waals surface area contributed by atoms with Crippen molar-refractivity contribution in [2.24, 2.45) is 0 Å². The molecule has 1 heterocycles. The Morgan fingerprint density at radius 2 is 2.05 bits per heavy atom. The number of aryl methyl sites for hydroxylation is 1. The van der Waals surface area contributed by atoms with E-state index in [0.29, 0.717) is 39.5 Å². The molecule has 0 spiro atoms. The number of hydrogen-bond acceptors (Lipinski definition) is 4. The summed E-state index contributed by atoms with van der Waals surface area (Å²) in [5, 5.41) is 13.0. The molecule has 0 saturated carbocycles. The topological polar surface area (TPSA) is 61.6 Å². The second-order valence-corrected chi connectivity index (χ2v) is 4.60. The van der Waals surface area contributed by atoms with Crippen molar-refractivity contribution in [2.75, 3.05) is 5.32 Å². The van der Waals surface area contributed by atoms with E-state index in [4.69, 9.17) is 28.5 Å². The van der Waals surface area contributed by atoms with Gasteiger partial charge in [0.1, 0.15) is 22.9 Å². The number of nitriles is 1. The summed E-state index contributed by atoms with van der Waals surface area (Å²) in [5.41, 5.74) is 1.07. The summed E-state index contributed by atoms with van der Waals surface area (Å²) in [6, 6.07) is 8.67. The summed E-state index contributed by atoms with van der Waals surface area (Å²) in [4.78, 5) is 8.37. The molecule has 1 aromatic heterocycles. The fraction of sp³-hybridized carbons (Fsp3) is 0.154. The summed E-state index contributed by atoms with van der Waals surface area (Å²) >= 11 is 11.8. The maximum absolute atomic E-state index is 9.05. The first-order valence-electron chi connectivity index (χ1n) is 5.62. The van der Waals surface area contributed by atoms with Gasteiger partial charge in [-0.05, 0) is 18.2 Å². The highest BCUT2D eigenvalue weighted by Crippen LogP contribution is 2.24. The molecule has 0 amide bonds.